The van der Waals surface area contributed by atoms with Crippen LogP contribution in [0.4, 0.5) is 0 Å². The van der Waals surface area contributed by atoms with Crippen molar-refractivity contribution >= 4 is 21.4 Å². The molecule has 15 heavy (non-hydrogen) atoms. The van der Waals surface area contributed by atoms with Gasteiger partial charge in [-0.1, -0.05) is 19.9 Å². The number of hydrogen-bond donors (Lipinski definition) is 2. The van der Waals surface area contributed by atoms with Crippen molar-refractivity contribution in [3.8, 4) is 0 Å². The summed E-state index contributed by atoms with van der Waals surface area (Å²) in [5.74, 6) is 0.185. The normalized spacial score (nSPS) is 14.4. The summed E-state index contributed by atoms with van der Waals surface area (Å²) in [6.45, 7) is 4.19. The summed E-state index contributed by atoms with van der Waals surface area (Å²) in [6.07, 6.45) is 0. The SMILES string of the molecule is CC(C)C(CN)NS(=O)(=O)c1cccs1. The Morgan fingerprint density at radius 2 is 2.20 bits per heavy atom. The lowest BCUT2D eigenvalue weighted by Gasteiger charge is -2.19. The van der Waals surface area contributed by atoms with E-state index in [0.29, 0.717) is 10.8 Å². The summed E-state index contributed by atoms with van der Waals surface area (Å²) in [5, 5.41) is 1.74. The van der Waals surface area contributed by atoms with Gasteiger partial charge in [-0.25, -0.2) is 13.1 Å². The number of nitrogens with one attached hydrogen (secondary N) is 1. The molecule has 86 valence electrons. The van der Waals surface area contributed by atoms with Crippen molar-refractivity contribution < 1.29 is 8.42 Å². The first-order valence-electron chi connectivity index (χ1n) is 4.73. The van der Waals surface area contributed by atoms with E-state index < -0.39 is 10.0 Å². The van der Waals surface area contributed by atoms with Crippen molar-refractivity contribution in [1.29, 1.82) is 0 Å². The minimum absolute atomic E-state index is 0.185. The maximum absolute atomic E-state index is 11.8. The Labute approximate surface area is 94.5 Å². The van der Waals surface area contributed by atoms with E-state index in [2.05, 4.69) is 4.72 Å². The van der Waals surface area contributed by atoms with Crippen LogP contribution in [-0.4, -0.2) is 21.0 Å². The van der Waals surface area contributed by atoms with Gasteiger partial charge < -0.3 is 5.73 Å². The van der Waals surface area contributed by atoms with Crippen molar-refractivity contribution in [2.75, 3.05) is 6.54 Å². The third kappa shape index (κ3) is 3.27. The summed E-state index contributed by atoms with van der Waals surface area (Å²) < 4.78 is 26.6. The third-order valence-corrected chi connectivity index (χ3v) is 5.01. The van der Waals surface area contributed by atoms with Gasteiger partial charge in [0.2, 0.25) is 10.0 Å². The Kier molecular flexibility index (Phi) is 4.27. The highest BCUT2D eigenvalue weighted by Gasteiger charge is 2.21. The van der Waals surface area contributed by atoms with Crippen LogP contribution >= 0.6 is 11.3 Å². The number of nitrogens with two attached hydrogens (primary N) is 1. The molecule has 0 aromatic carbocycles. The number of sulfonamides is 1. The second-order valence-corrected chi connectivity index (χ2v) is 6.53. The first kappa shape index (κ1) is 12.6. The van der Waals surface area contributed by atoms with E-state index in [9.17, 15) is 8.42 Å². The second kappa shape index (κ2) is 5.07. The average molecular weight is 248 g/mol. The van der Waals surface area contributed by atoms with Crippen LogP contribution in [0.3, 0.4) is 0 Å². The number of hydrogen-bond acceptors (Lipinski definition) is 4. The summed E-state index contributed by atoms with van der Waals surface area (Å²) in [5.41, 5.74) is 5.51. The highest BCUT2D eigenvalue weighted by Crippen LogP contribution is 2.16. The molecule has 0 fully saturated rings. The molecule has 0 saturated carbocycles. The zero-order valence-corrected chi connectivity index (χ0v) is 10.4. The lowest BCUT2D eigenvalue weighted by Crippen LogP contribution is -2.43. The van der Waals surface area contributed by atoms with Crippen LogP contribution in [0.25, 0.3) is 0 Å². The van der Waals surface area contributed by atoms with Gasteiger partial charge in [0.05, 0.1) is 0 Å². The van der Waals surface area contributed by atoms with Gasteiger partial charge in [-0.3, -0.25) is 0 Å². The van der Waals surface area contributed by atoms with Gasteiger partial charge in [0.25, 0.3) is 0 Å². The van der Waals surface area contributed by atoms with E-state index in [-0.39, 0.29) is 12.0 Å². The fraction of sp³-hybridized carbons (Fsp3) is 0.556. The maximum atomic E-state index is 11.8. The third-order valence-electron chi connectivity index (χ3n) is 2.13. The summed E-state index contributed by atoms with van der Waals surface area (Å²) in [4.78, 5) is 0. The Balaban J connectivity index is 2.81. The van der Waals surface area contributed by atoms with Crippen molar-refractivity contribution in [1.82, 2.24) is 4.72 Å². The first-order chi connectivity index (χ1) is 6.97. The molecule has 0 bridgehead atoms. The molecule has 1 aromatic rings. The van der Waals surface area contributed by atoms with Gasteiger partial charge in [0.15, 0.2) is 0 Å². The van der Waals surface area contributed by atoms with E-state index >= 15 is 0 Å². The quantitative estimate of drug-likeness (QED) is 0.817. The summed E-state index contributed by atoms with van der Waals surface area (Å²) >= 11 is 1.20. The molecule has 0 amide bonds. The maximum Gasteiger partial charge on any atom is 0.250 e. The topological polar surface area (TPSA) is 72.2 Å². The van der Waals surface area contributed by atoms with Crippen LogP contribution in [0.15, 0.2) is 21.7 Å². The van der Waals surface area contributed by atoms with Crippen LogP contribution in [0.1, 0.15) is 13.8 Å². The van der Waals surface area contributed by atoms with Gasteiger partial charge >= 0.3 is 0 Å². The van der Waals surface area contributed by atoms with Crippen LogP contribution in [-0.2, 0) is 10.0 Å². The monoisotopic (exact) mass is 248 g/mol. The van der Waals surface area contributed by atoms with Crippen LogP contribution < -0.4 is 10.5 Å². The molecule has 0 aliphatic rings. The van der Waals surface area contributed by atoms with Crippen molar-refractivity contribution in [3.63, 3.8) is 0 Å². The fourth-order valence-corrected chi connectivity index (χ4v) is 3.54. The van der Waals surface area contributed by atoms with Crippen LogP contribution in [0.2, 0.25) is 0 Å². The fourth-order valence-electron chi connectivity index (χ4n) is 1.13. The van der Waals surface area contributed by atoms with E-state index in [1.165, 1.54) is 11.3 Å². The van der Waals surface area contributed by atoms with E-state index in [0.717, 1.165) is 0 Å². The molecule has 0 radical (unpaired) electrons. The molecule has 0 saturated heterocycles. The van der Waals surface area contributed by atoms with E-state index in [1.807, 2.05) is 13.8 Å². The predicted molar refractivity (Wildman–Crippen MR) is 62.3 cm³/mol. The Bertz CT molecular complexity index is 384. The smallest absolute Gasteiger partial charge is 0.250 e. The highest BCUT2D eigenvalue weighted by atomic mass is 32.2. The molecule has 0 aliphatic heterocycles. The number of thiophene rings is 1. The molecule has 1 aromatic heterocycles. The molecule has 4 nitrogen and oxygen atoms in total. The van der Waals surface area contributed by atoms with Crippen molar-refractivity contribution in [2.45, 2.75) is 24.1 Å². The minimum Gasteiger partial charge on any atom is -0.329 e. The average Bonchev–Trinajstić information content (AvgIpc) is 2.67. The van der Waals surface area contributed by atoms with Crippen LogP contribution in [0, 0.1) is 5.92 Å². The largest absolute Gasteiger partial charge is 0.329 e. The van der Waals surface area contributed by atoms with Crippen molar-refractivity contribution in [3.05, 3.63) is 17.5 Å². The Morgan fingerprint density at radius 1 is 1.53 bits per heavy atom. The van der Waals surface area contributed by atoms with E-state index in [4.69, 9.17) is 5.73 Å². The molecule has 1 heterocycles. The van der Waals surface area contributed by atoms with Gasteiger partial charge in [0, 0.05) is 12.6 Å². The molecule has 0 aliphatic carbocycles. The molecule has 1 unspecified atom stereocenters. The highest BCUT2D eigenvalue weighted by molar-refractivity contribution is 7.91. The molecular formula is C9H16N2O2S2. The summed E-state index contributed by atoms with van der Waals surface area (Å²) in [6, 6.07) is 3.09. The zero-order chi connectivity index (χ0) is 11.5. The molecule has 1 rings (SSSR count). The Hall–Kier alpha value is -0.430. The minimum atomic E-state index is -3.38. The molecule has 3 N–H and O–H groups in total. The number of rotatable bonds is 5. The van der Waals surface area contributed by atoms with Gasteiger partial charge in [-0.05, 0) is 17.4 Å². The van der Waals surface area contributed by atoms with E-state index in [1.54, 1.807) is 17.5 Å². The lowest BCUT2D eigenvalue weighted by molar-refractivity contribution is 0.455. The Morgan fingerprint density at radius 3 is 2.60 bits per heavy atom. The molecule has 0 spiro atoms. The van der Waals surface area contributed by atoms with Crippen LogP contribution in [0.5, 0.6) is 0 Å². The summed E-state index contributed by atoms with van der Waals surface area (Å²) in [7, 11) is -3.38. The van der Waals surface area contributed by atoms with Gasteiger partial charge in [0.1, 0.15) is 4.21 Å². The predicted octanol–water partition coefficient (Wildman–Crippen LogP) is 1.01. The van der Waals surface area contributed by atoms with Gasteiger partial charge in [-0.15, -0.1) is 11.3 Å². The lowest BCUT2D eigenvalue weighted by atomic mass is 10.1. The zero-order valence-electron chi connectivity index (χ0n) is 8.80. The first-order valence-corrected chi connectivity index (χ1v) is 7.09. The molecule has 6 heteroatoms. The molecular weight excluding hydrogens is 232 g/mol. The van der Waals surface area contributed by atoms with Gasteiger partial charge in [-0.2, -0.15) is 0 Å². The second-order valence-electron chi connectivity index (χ2n) is 3.64. The standard InChI is InChI=1S/C9H16N2O2S2/c1-7(2)8(6-10)11-15(12,13)9-4-3-5-14-9/h3-5,7-8,11H,6,10H2,1-2H3. The molecule has 1 atom stereocenters. The van der Waals surface area contributed by atoms with Crippen molar-refractivity contribution in [2.24, 2.45) is 11.7 Å².